The van der Waals surface area contributed by atoms with E-state index in [1.54, 1.807) is 49.5 Å². The summed E-state index contributed by atoms with van der Waals surface area (Å²) in [6.45, 7) is 0. The van der Waals surface area contributed by atoms with Gasteiger partial charge in [0.1, 0.15) is 17.3 Å². The molecule has 28 heavy (non-hydrogen) atoms. The number of anilines is 3. The molecule has 0 saturated carbocycles. The Bertz CT molecular complexity index is 980. The Morgan fingerprint density at radius 3 is 2.43 bits per heavy atom. The van der Waals surface area contributed by atoms with Crippen LogP contribution < -0.4 is 19.7 Å². The van der Waals surface area contributed by atoms with Gasteiger partial charge >= 0.3 is 0 Å². The highest BCUT2D eigenvalue weighted by Crippen LogP contribution is 2.37. The maximum atomic E-state index is 12.8. The third kappa shape index (κ3) is 4.18. The number of aromatic nitrogens is 1. The number of carbonyl (C=O) groups excluding carboxylic acids is 1. The molecule has 7 heteroatoms. The number of hydrogen-bond acceptors (Lipinski definition) is 5. The van der Waals surface area contributed by atoms with Crippen molar-refractivity contribution in [3.63, 3.8) is 0 Å². The molecule has 0 aliphatic heterocycles. The summed E-state index contributed by atoms with van der Waals surface area (Å²) in [4.78, 5) is 18.7. The van der Waals surface area contributed by atoms with E-state index < -0.39 is 0 Å². The fourth-order valence-electron chi connectivity index (χ4n) is 2.69. The van der Waals surface area contributed by atoms with E-state index in [1.807, 2.05) is 30.3 Å². The van der Waals surface area contributed by atoms with Crippen molar-refractivity contribution in [3.8, 4) is 11.5 Å². The minimum atomic E-state index is -0.141. The molecule has 1 amide bonds. The summed E-state index contributed by atoms with van der Waals surface area (Å²) in [6, 6.07) is 16.2. The van der Waals surface area contributed by atoms with Crippen LogP contribution in [0, 0.1) is 0 Å². The number of carbonyl (C=O) groups is 1. The molecule has 0 atom stereocenters. The zero-order valence-corrected chi connectivity index (χ0v) is 16.5. The molecule has 144 valence electrons. The minimum absolute atomic E-state index is 0.141. The third-order valence-electron chi connectivity index (χ3n) is 4.19. The van der Waals surface area contributed by atoms with Crippen LogP contribution in [-0.2, 0) is 0 Å². The monoisotopic (exact) mass is 397 g/mol. The molecule has 2 aromatic carbocycles. The van der Waals surface area contributed by atoms with Gasteiger partial charge in [0, 0.05) is 36.6 Å². The van der Waals surface area contributed by atoms with E-state index in [0.29, 0.717) is 33.6 Å². The Kier molecular flexibility index (Phi) is 6.01. The van der Waals surface area contributed by atoms with Crippen molar-refractivity contribution in [2.24, 2.45) is 0 Å². The van der Waals surface area contributed by atoms with Gasteiger partial charge in [-0.1, -0.05) is 29.8 Å². The number of hydrogen-bond donors (Lipinski definition) is 1. The standard InChI is InChI=1S/C21H20ClN3O3/c1-25(15-7-5-4-6-8-15)21(26)14-9-10-23-20(11-14)24-17-13-18(27-2)16(22)12-19(17)28-3/h4-13H,1-3H3,(H,23,24). The van der Waals surface area contributed by atoms with Crippen LogP contribution in [0.2, 0.25) is 5.02 Å². The van der Waals surface area contributed by atoms with E-state index in [4.69, 9.17) is 21.1 Å². The average Bonchev–Trinajstić information content (AvgIpc) is 2.74. The second-order valence-electron chi connectivity index (χ2n) is 5.94. The predicted octanol–water partition coefficient (Wildman–Crippen LogP) is 4.77. The van der Waals surface area contributed by atoms with Crippen molar-refractivity contribution in [3.05, 3.63) is 71.4 Å². The van der Waals surface area contributed by atoms with E-state index in [-0.39, 0.29) is 5.91 Å². The van der Waals surface area contributed by atoms with Crippen molar-refractivity contribution in [1.29, 1.82) is 0 Å². The third-order valence-corrected chi connectivity index (χ3v) is 4.49. The van der Waals surface area contributed by atoms with Gasteiger partial charge < -0.3 is 19.7 Å². The molecule has 1 N–H and O–H groups in total. The van der Waals surface area contributed by atoms with Crippen LogP contribution in [0.25, 0.3) is 0 Å². The Morgan fingerprint density at radius 2 is 1.75 bits per heavy atom. The van der Waals surface area contributed by atoms with Crippen LogP contribution in [0.3, 0.4) is 0 Å². The molecule has 0 aliphatic carbocycles. The zero-order valence-electron chi connectivity index (χ0n) is 15.8. The molecule has 0 fully saturated rings. The maximum absolute atomic E-state index is 12.8. The van der Waals surface area contributed by atoms with Crippen LogP contribution in [0.4, 0.5) is 17.2 Å². The summed E-state index contributed by atoms with van der Waals surface area (Å²) in [7, 11) is 4.82. The fourth-order valence-corrected chi connectivity index (χ4v) is 2.92. The number of benzene rings is 2. The number of amides is 1. The van der Waals surface area contributed by atoms with Crippen LogP contribution >= 0.6 is 11.6 Å². The summed E-state index contributed by atoms with van der Waals surface area (Å²) in [6.07, 6.45) is 1.58. The Balaban J connectivity index is 1.87. The molecule has 1 aromatic heterocycles. The van der Waals surface area contributed by atoms with E-state index in [2.05, 4.69) is 10.3 Å². The molecule has 0 unspecified atom stereocenters. The summed E-state index contributed by atoms with van der Waals surface area (Å²) >= 11 is 6.14. The molecule has 0 spiro atoms. The van der Waals surface area contributed by atoms with Crippen molar-refractivity contribution in [2.75, 3.05) is 31.5 Å². The summed E-state index contributed by atoms with van der Waals surface area (Å²) < 4.78 is 10.6. The predicted molar refractivity (Wildman–Crippen MR) is 111 cm³/mol. The van der Waals surface area contributed by atoms with Gasteiger partial charge in [0.2, 0.25) is 0 Å². The van der Waals surface area contributed by atoms with Gasteiger partial charge in [0.05, 0.1) is 24.9 Å². The highest BCUT2D eigenvalue weighted by atomic mass is 35.5. The van der Waals surface area contributed by atoms with Gasteiger partial charge in [0.25, 0.3) is 5.91 Å². The lowest BCUT2D eigenvalue weighted by Gasteiger charge is -2.18. The van der Waals surface area contributed by atoms with Crippen LogP contribution in [0.15, 0.2) is 60.8 Å². The Labute approximate surface area is 168 Å². The lowest BCUT2D eigenvalue weighted by atomic mass is 10.2. The SMILES string of the molecule is COc1cc(Nc2cc(C(=O)N(C)c3ccccc3)ccn2)c(OC)cc1Cl. The number of nitrogens with one attached hydrogen (secondary N) is 1. The molecule has 6 nitrogen and oxygen atoms in total. The summed E-state index contributed by atoms with van der Waals surface area (Å²) in [5.74, 6) is 1.39. The molecule has 0 saturated heterocycles. The van der Waals surface area contributed by atoms with Crippen molar-refractivity contribution >= 4 is 34.7 Å². The molecule has 0 bridgehead atoms. The first kappa shape index (κ1) is 19.5. The lowest BCUT2D eigenvalue weighted by Crippen LogP contribution is -2.26. The second-order valence-corrected chi connectivity index (χ2v) is 6.35. The Hall–Kier alpha value is -3.25. The van der Waals surface area contributed by atoms with Crippen molar-refractivity contribution in [1.82, 2.24) is 4.98 Å². The van der Waals surface area contributed by atoms with Crippen LogP contribution in [0.5, 0.6) is 11.5 Å². The lowest BCUT2D eigenvalue weighted by molar-refractivity contribution is 0.0993. The molecule has 3 rings (SSSR count). The van der Waals surface area contributed by atoms with Gasteiger partial charge in [-0.2, -0.15) is 0 Å². The van der Waals surface area contributed by atoms with Gasteiger partial charge in [-0.05, 0) is 24.3 Å². The minimum Gasteiger partial charge on any atom is -0.495 e. The fraction of sp³-hybridized carbons (Fsp3) is 0.143. The molecule has 0 radical (unpaired) electrons. The first-order valence-electron chi connectivity index (χ1n) is 8.51. The summed E-state index contributed by atoms with van der Waals surface area (Å²) in [5, 5.41) is 3.59. The van der Waals surface area contributed by atoms with Crippen LogP contribution in [-0.4, -0.2) is 32.2 Å². The van der Waals surface area contributed by atoms with E-state index in [9.17, 15) is 4.79 Å². The molecule has 0 aliphatic rings. The molecular weight excluding hydrogens is 378 g/mol. The quantitative estimate of drug-likeness (QED) is 0.649. The van der Waals surface area contributed by atoms with Gasteiger partial charge in [-0.15, -0.1) is 0 Å². The number of pyridine rings is 1. The van der Waals surface area contributed by atoms with Crippen molar-refractivity contribution < 1.29 is 14.3 Å². The topological polar surface area (TPSA) is 63.7 Å². The number of methoxy groups -OCH3 is 2. The van der Waals surface area contributed by atoms with Crippen molar-refractivity contribution in [2.45, 2.75) is 0 Å². The molecular formula is C21H20ClN3O3. The van der Waals surface area contributed by atoms with E-state index >= 15 is 0 Å². The largest absolute Gasteiger partial charge is 0.495 e. The number of rotatable bonds is 6. The number of halogens is 1. The zero-order chi connectivity index (χ0) is 20.1. The Morgan fingerprint density at radius 1 is 1.04 bits per heavy atom. The number of para-hydroxylation sites is 1. The molecule has 3 aromatic rings. The smallest absolute Gasteiger partial charge is 0.258 e. The second kappa shape index (κ2) is 8.63. The number of nitrogens with zero attached hydrogens (tertiary/aromatic N) is 2. The van der Waals surface area contributed by atoms with Gasteiger partial charge in [-0.25, -0.2) is 4.98 Å². The first-order valence-corrected chi connectivity index (χ1v) is 8.89. The maximum Gasteiger partial charge on any atom is 0.258 e. The molecule has 1 heterocycles. The van der Waals surface area contributed by atoms with Gasteiger partial charge in [0.15, 0.2) is 0 Å². The van der Waals surface area contributed by atoms with E-state index in [1.165, 1.54) is 7.11 Å². The number of ether oxygens (including phenoxy) is 2. The first-order chi connectivity index (χ1) is 13.5. The highest BCUT2D eigenvalue weighted by Gasteiger charge is 2.15. The highest BCUT2D eigenvalue weighted by molar-refractivity contribution is 6.32. The van der Waals surface area contributed by atoms with Crippen LogP contribution in [0.1, 0.15) is 10.4 Å². The van der Waals surface area contributed by atoms with Gasteiger partial charge in [-0.3, -0.25) is 4.79 Å². The van der Waals surface area contributed by atoms with E-state index in [0.717, 1.165) is 5.69 Å². The summed E-state index contributed by atoms with van der Waals surface area (Å²) in [5.41, 5.74) is 1.93. The normalized spacial score (nSPS) is 10.3. The average molecular weight is 398 g/mol.